The van der Waals surface area contributed by atoms with Gasteiger partial charge in [0.1, 0.15) is 42.6 Å². The molecule has 20 nitrogen and oxygen atoms in total. The van der Waals surface area contributed by atoms with Crippen LogP contribution in [0.2, 0.25) is 0 Å². The summed E-state index contributed by atoms with van der Waals surface area (Å²) < 4.78 is 34.6. The van der Waals surface area contributed by atoms with E-state index < -0.39 is 59.4 Å². The second kappa shape index (κ2) is 25.5. The van der Waals surface area contributed by atoms with E-state index in [4.69, 9.17) is 15.9 Å². The Bertz CT molecular complexity index is 2480. The summed E-state index contributed by atoms with van der Waals surface area (Å²) in [6.07, 6.45) is 5.24. The number of ether oxygens (including phenoxy) is 1. The van der Waals surface area contributed by atoms with E-state index in [1.165, 1.54) is 36.4 Å². The highest BCUT2D eigenvalue weighted by atomic mass is 19.1. The van der Waals surface area contributed by atoms with Crippen LogP contribution in [0, 0.1) is 34.3 Å². The summed E-state index contributed by atoms with van der Waals surface area (Å²) in [5.41, 5.74) is 6.78. The van der Waals surface area contributed by atoms with Crippen molar-refractivity contribution in [2.24, 2.45) is 22.6 Å². The number of fused-ring (bicyclic) bond motifs is 1. The number of unbranched alkanes of at least 4 members (excludes halogenated alkanes) is 2. The average Bonchev–Trinajstić information content (AvgIpc) is 3.64. The number of aliphatic imine (C=N–C) groups is 1. The molecule has 372 valence electrons. The number of hydrogen-bond donors (Lipinski definition) is 10. The Balaban J connectivity index is 1.15. The van der Waals surface area contributed by atoms with Gasteiger partial charge in [0.05, 0.1) is 29.8 Å². The number of hydrogen-bond acceptors (Lipinski definition) is 11. The summed E-state index contributed by atoms with van der Waals surface area (Å²) in [4.78, 5) is 93.6. The summed E-state index contributed by atoms with van der Waals surface area (Å²) in [5, 5.41) is 36.2. The summed E-state index contributed by atoms with van der Waals surface area (Å²) in [6.45, 7) is 3.56. The molecular weight excluding hydrogens is 911 g/mol. The number of primary amides is 1. The molecule has 2 heterocycles. The number of rotatable bonds is 24. The Morgan fingerprint density at radius 1 is 0.900 bits per heavy atom. The second-order valence-corrected chi connectivity index (χ2v) is 16.8. The van der Waals surface area contributed by atoms with Crippen LogP contribution in [0.4, 0.5) is 25.0 Å². The third kappa shape index (κ3) is 14.6. The molecule has 5 rings (SSSR count). The fourth-order valence-electron chi connectivity index (χ4n) is 7.88. The van der Waals surface area contributed by atoms with Crippen molar-refractivity contribution in [1.82, 2.24) is 31.5 Å². The normalized spacial score (nSPS) is 16.2. The molecule has 0 radical (unpaired) electrons. The molecule has 3 aromatic carbocycles. The van der Waals surface area contributed by atoms with Gasteiger partial charge in [-0.25, -0.2) is 18.6 Å². The van der Waals surface area contributed by atoms with Gasteiger partial charge in [0, 0.05) is 55.6 Å². The van der Waals surface area contributed by atoms with Crippen LogP contribution < -0.4 is 43.0 Å². The van der Waals surface area contributed by atoms with Gasteiger partial charge in [-0.15, -0.1) is 0 Å². The van der Waals surface area contributed by atoms with Gasteiger partial charge in [-0.2, -0.15) is 0 Å². The lowest BCUT2D eigenvalue weighted by Gasteiger charge is -2.37. The Labute approximate surface area is 403 Å². The van der Waals surface area contributed by atoms with Gasteiger partial charge >= 0.3 is 6.03 Å². The van der Waals surface area contributed by atoms with E-state index in [0.717, 1.165) is 23.4 Å². The number of carbonyl (C=O) groups excluding carboxylic acids is 7. The number of nitrogens with zero attached hydrogens (tertiary/aromatic N) is 2. The van der Waals surface area contributed by atoms with E-state index in [-0.39, 0.29) is 97.7 Å². The van der Waals surface area contributed by atoms with Crippen molar-refractivity contribution in [3.8, 4) is 0 Å². The number of nitrogens with two attached hydrogens (primary N) is 1. The molecule has 0 saturated carbocycles. The first-order valence-electron chi connectivity index (χ1n) is 22.6. The maximum absolute atomic E-state index is 15.1. The SMILES string of the molecule is CN/C(=N\C=N)[C@H]1C(=N)c2c(cc(F)cc2C(=O)NCOCc2ccc(NC(=O)[C@H](CCCNC(N)=O)NC(=O)[C@@H](NC(=O)CCCCCN3C(=O)C=CC3=O)C(C)C)cc2)N[C@@H]1c1ccc(F)cc1. The highest BCUT2D eigenvalue weighted by Gasteiger charge is 2.40. The largest absolute Gasteiger partial charge is 0.376 e. The Morgan fingerprint density at radius 3 is 2.24 bits per heavy atom. The van der Waals surface area contributed by atoms with E-state index in [0.29, 0.717) is 36.1 Å². The van der Waals surface area contributed by atoms with Crippen LogP contribution in [-0.4, -0.2) is 103 Å². The third-order valence-electron chi connectivity index (χ3n) is 11.4. The number of urea groups is 1. The number of anilines is 2. The number of carbonyl (C=O) groups is 7. The zero-order chi connectivity index (χ0) is 50.9. The van der Waals surface area contributed by atoms with Crippen molar-refractivity contribution in [3.05, 3.63) is 107 Å². The number of halogens is 2. The maximum atomic E-state index is 15.1. The molecule has 70 heavy (non-hydrogen) atoms. The second-order valence-electron chi connectivity index (χ2n) is 16.8. The van der Waals surface area contributed by atoms with Crippen LogP contribution in [0.25, 0.3) is 0 Å². The van der Waals surface area contributed by atoms with Crippen molar-refractivity contribution in [2.75, 3.05) is 37.5 Å². The molecule has 2 aliphatic rings. The van der Waals surface area contributed by atoms with Crippen LogP contribution in [-0.2, 0) is 35.3 Å². The molecule has 0 spiro atoms. The minimum Gasteiger partial charge on any atom is -0.376 e. The molecule has 22 heteroatoms. The fraction of sp³-hybridized carbons (Fsp3) is 0.375. The molecule has 0 aromatic heterocycles. The molecule has 8 amide bonds. The molecule has 11 N–H and O–H groups in total. The van der Waals surface area contributed by atoms with E-state index in [1.54, 1.807) is 45.2 Å². The lowest BCUT2D eigenvalue weighted by atomic mass is 9.79. The summed E-state index contributed by atoms with van der Waals surface area (Å²) in [7, 11) is 1.56. The maximum Gasteiger partial charge on any atom is 0.312 e. The number of nitrogens with one attached hydrogen (secondary N) is 9. The van der Waals surface area contributed by atoms with Gasteiger partial charge in [0.15, 0.2) is 0 Å². The molecule has 2 aliphatic heterocycles. The monoisotopic (exact) mass is 968 g/mol. The van der Waals surface area contributed by atoms with Crippen molar-refractivity contribution >= 4 is 70.7 Å². The summed E-state index contributed by atoms with van der Waals surface area (Å²) in [5.74, 6) is -5.27. The standard InChI is InChI=1S/C48H58F2N12O8/c1-27(2)42(61-36(63)9-5-4-6-21-62-37(64)18-19-38(62)65)47(68)60-34(8-7-20-55-48(53)69)46(67)58-32-16-10-28(11-17-32)24-70-26-57-45(66)33-22-31(50)23-35-39(33)41(52)40(44(54-3)56-25-51)43(59-35)29-12-14-30(49)15-13-29/h10-19,22-23,25,27,34,40,42-43,52,59H,4-9,20-21,24,26H2,1-3H3,(H,57,66)(H,58,67)(H,60,68)(H,61,63)(H2,51,54,56)(H3,53,55,69)/t34-,40-,42-,43+/m0/s1. The Morgan fingerprint density at radius 2 is 1.60 bits per heavy atom. The minimum absolute atomic E-state index is 0.00632. The van der Waals surface area contributed by atoms with Gasteiger partial charge in [0.25, 0.3) is 17.7 Å². The van der Waals surface area contributed by atoms with Crippen molar-refractivity contribution < 1.29 is 47.1 Å². The molecule has 3 aromatic rings. The number of amidine groups is 1. The summed E-state index contributed by atoms with van der Waals surface area (Å²) in [6, 6.07) is 10.7. The van der Waals surface area contributed by atoms with E-state index in [1.807, 2.05) is 0 Å². The Kier molecular flexibility index (Phi) is 19.3. The fourth-order valence-corrected chi connectivity index (χ4v) is 7.88. The predicted molar refractivity (Wildman–Crippen MR) is 257 cm³/mol. The van der Waals surface area contributed by atoms with Gasteiger partial charge in [-0.3, -0.25) is 39.1 Å². The lowest BCUT2D eigenvalue weighted by Crippen LogP contribution is -2.54. The molecule has 4 atom stereocenters. The number of benzene rings is 3. The molecule has 0 fully saturated rings. The number of imide groups is 1. The van der Waals surface area contributed by atoms with Crippen LogP contribution in [0.1, 0.15) is 85.5 Å². The molecule has 0 saturated heterocycles. The summed E-state index contributed by atoms with van der Waals surface area (Å²) >= 11 is 0. The van der Waals surface area contributed by atoms with E-state index in [2.05, 4.69) is 42.2 Å². The Hall–Kier alpha value is -7.88. The highest BCUT2D eigenvalue weighted by molar-refractivity contribution is 6.22. The van der Waals surface area contributed by atoms with E-state index in [9.17, 15) is 43.4 Å². The highest BCUT2D eigenvalue weighted by Crippen LogP contribution is 2.39. The first kappa shape index (κ1) is 53.1. The smallest absolute Gasteiger partial charge is 0.312 e. The molecular formula is C48H58F2N12O8. The topological polar surface area (TPSA) is 302 Å². The molecule has 0 bridgehead atoms. The first-order chi connectivity index (χ1) is 33.5. The number of amides is 8. The van der Waals surface area contributed by atoms with Crippen LogP contribution in [0.5, 0.6) is 0 Å². The minimum atomic E-state index is -1.08. The van der Waals surface area contributed by atoms with Gasteiger partial charge in [-0.1, -0.05) is 44.5 Å². The zero-order valence-corrected chi connectivity index (χ0v) is 39.0. The zero-order valence-electron chi connectivity index (χ0n) is 39.0. The van der Waals surface area contributed by atoms with Crippen molar-refractivity contribution in [2.45, 2.75) is 77.1 Å². The van der Waals surface area contributed by atoms with Gasteiger partial charge in [-0.05, 0) is 79.1 Å². The van der Waals surface area contributed by atoms with Gasteiger partial charge in [0.2, 0.25) is 17.7 Å². The van der Waals surface area contributed by atoms with Gasteiger partial charge < -0.3 is 53.1 Å². The average molecular weight is 969 g/mol. The van der Waals surface area contributed by atoms with Crippen LogP contribution in [0.15, 0.2) is 77.8 Å². The van der Waals surface area contributed by atoms with Crippen LogP contribution >= 0.6 is 0 Å². The molecule has 0 unspecified atom stereocenters. The lowest BCUT2D eigenvalue weighted by molar-refractivity contribution is -0.137. The van der Waals surface area contributed by atoms with E-state index >= 15 is 4.39 Å². The van der Waals surface area contributed by atoms with Crippen molar-refractivity contribution in [3.63, 3.8) is 0 Å². The quantitative estimate of drug-likeness (QED) is 0.0204. The third-order valence-corrected chi connectivity index (χ3v) is 11.4. The first-order valence-corrected chi connectivity index (χ1v) is 22.6. The van der Waals surface area contributed by atoms with Crippen LogP contribution in [0.3, 0.4) is 0 Å². The molecule has 0 aliphatic carbocycles. The van der Waals surface area contributed by atoms with Crippen molar-refractivity contribution in [1.29, 1.82) is 10.8 Å². The predicted octanol–water partition coefficient (Wildman–Crippen LogP) is 3.74.